The molecular formula is C21H21N3O3S. The molecule has 144 valence electrons. The minimum Gasteiger partial charge on any atom is -0.454 e. The van der Waals surface area contributed by atoms with Crippen LogP contribution in [0.2, 0.25) is 0 Å². The normalized spacial score (nSPS) is 17.9. The van der Waals surface area contributed by atoms with Gasteiger partial charge in [-0.2, -0.15) is 0 Å². The van der Waals surface area contributed by atoms with Crippen molar-refractivity contribution in [2.45, 2.75) is 30.6 Å². The summed E-state index contributed by atoms with van der Waals surface area (Å²) in [5.74, 6) is 3.35. The fourth-order valence-electron chi connectivity index (χ4n) is 3.50. The largest absolute Gasteiger partial charge is 0.454 e. The summed E-state index contributed by atoms with van der Waals surface area (Å²) >= 11 is 1.71. The molecule has 0 bridgehead atoms. The maximum atomic E-state index is 5.77. The molecule has 3 heterocycles. The summed E-state index contributed by atoms with van der Waals surface area (Å²) in [4.78, 5) is 0. The van der Waals surface area contributed by atoms with Crippen molar-refractivity contribution in [2.24, 2.45) is 0 Å². The van der Waals surface area contributed by atoms with Gasteiger partial charge in [0.2, 0.25) is 6.79 Å². The van der Waals surface area contributed by atoms with Crippen LogP contribution in [-0.4, -0.2) is 40.0 Å². The highest BCUT2D eigenvalue weighted by atomic mass is 32.2. The van der Waals surface area contributed by atoms with Gasteiger partial charge in [-0.1, -0.05) is 48.2 Å². The maximum Gasteiger partial charge on any atom is 0.231 e. The van der Waals surface area contributed by atoms with E-state index in [1.54, 1.807) is 11.8 Å². The molecule has 5 rings (SSSR count). The minimum absolute atomic E-state index is 0.281. The monoisotopic (exact) mass is 395 g/mol. The molecular weight excluding hydrogens is 374 g/mol. The lowest BCUT2D eigenvalue weighted by Gasteiger charge is -2.12. The highest BCUT2D eigenvalue weighted by Crippen LogP contribution is 2.34. The second-order valence-corrected chi connectivity index (χ2v) is 7.88. The van der Waals surface area contributed by atoms with E-state index < -0.39 is 0 Å². The second kappa shape index (κ2) is 7.85. The van der Waals surface area contributed by atoms with Crippen molar-refractivity contribution in [3.63, 3.8) is 0 Å². The third-order valence-electron chi connectivity index (χ3n) is 4.95. The van der Waals surface area contributed by atoms with Gasteiger partial charge in [0.05, 0.1) is 12.6 Å². The smallest absolute Gasteiger partial charge is 0.231 e. The molecule has 1 saturated heterocycles. The van der Waals surface area contributed by atoms with Gasteiger partial charge in [-0.15, -0.1) is 10.2 Å². The first-order valence-corrected chi connectivity index (χ1v) is 10.5. The van der Waals surface area contributed by atoms with Gasteiger partial charge < -0.3 is 14.2 Å². The highest BCUT2D eigenvalue weighted by molar-refractivity contribution is 7.99. The predicted octanol–water partition coefficient (Wildman–Crippen LogP) is 3.99. The Labute approximate surface area is 167 Å². The van der Waals surface area contributed by atoms with Crippen LogP contribution in [0.4, 0.5) is 0 Å². The average Bonchev–Trinajstić information content (AvgIpc) is 3.48. The third kappa shape index (κ3) is 3.59. The van der Waals surface area contributed by atoms with Crippen molar-refractivity contribution in [1.82, 2.24) is 14.8 Å². The Kier molecular flexibility index (Phi) is 4.93. The van der Waals surface area contributed by atoms with Crippen LogP contribution in [0.5, 0.6) is 11.5 Å². The van der Waals surface area contributed by atoms with Crippen LogP contribution in [0.25, 0.3) is 11.4 Å². The molecule has 0 spiro atoms. The summed E-state index contributed by atoms with van der Waals surface area (Å²) < 4.78 is 18.9. The molecule has 1 fully saturated rings. The first-order chi connectivity index (χ1) is 13.9. The summed E-state index contributed by atoms with van der Waals surface area (Å²) in [6.07, 6.45) is 2.57. The summed E-state index contributed by atoms with van der Waals surface area (Å²) in [6.45, 7) is 1.81. The molecule has 2 aliphatic heterocycles. The van der Waals surface area contributed by atoms with Gasteiger partial charge in [0, 0.05) is 17.9 Å². The molecule has 2 aliphatic rings. The molecule has 2 aromatic carbocycles. The lowest BCUT2D eigenvalue weighted by atomic mass is 10.2. The van der Waals surface area contributed by atoms with Gasteiger partial charge in [-0.05, 0) is 30.5 Å². The zero-order valence-electron chi connectivity index (χ0n) is 15.4. The number of hydrogen-bond donors (Lipinski definition) is 0. The van der Waals surface area contributed by atoms with Crippen LogP contribution in [0.3, 0.4) is 0 Å². The molecule has 1 aromatic heterocycles. The van der Waals surface area contributed by atoms with Crippen LogP contribution >= 0.6 is 11.8 Å². The molecule has 7 heteroatoms. The van der Waals surface area contributed by atoms with Crippen molar-refractivity contribution in [2.75, 3.05) is 19.2 Å². The Morgan fingerprint density at radius 2 is 1.93 bits per heavy atom. The molecule has 0 N–H and O–H groups in total. The maximum absolute atomic E-state index is 5.77. The number of nitrogens with zero attached hydrogens (tertiary/aromatic N) is 3. The zero-order valence-corrected chi connectivity index (χ0v) is 16.2. The van der Waals surface area contributed by atoms with Crippen molar-refractivity contribution in [3.8, 4) is 22.9 Å². The lowest BCUT2D eigenvalue weighted by molar-refractivity contribution is 0.129. The van der Waals surface area contributed by atoms with Crippen molar-refractivity contribution in [3.05, 3.63) is 54.1 Å². The molecule has 0 radical (unpaired) electrons. The van der Waals surface area contributed by atoms with E-state index in [1.165, 1.54) is 0 Å². The zero-order chi connectivity index (χ0) is 18.8. The van der Waals surface area contributed by atoms with Gasteiger partial charge in [-0.3, -0.25) is 4.57 Å². The quantitative estimate of drug-likeness (QED) is 0.588. The van der Waals surface area contributed by atoms with E-state index in [0.717, 1.165) is 58.8 Å². The Balaban J connectivity index is 1.45. The van der Waals surface area contributed by atoms with Gasteiger partial charge >= 0.3 is 0 Å². The molecule has 0 amide bonds. The Morgan fingerprint density at radius 3 is 2.79 bits per heavy atom. The molecule has 1 atom stereocenters. The summed E-state index contributed by atoms with van der Waals surface area (Å²) in [7, 11) is 0. The van der Waals surface area contributed by atoms with Gasteiger partial charge in [0.1, 0.15) is 0 Å². The molecule has 0 aliphatic carbocycles. The van der Waals surface area contributed by atoms with Crippen LogP contribution in [0, 0.1) is 0 Å². The minimum atomic E-state index is 0.281. The molecule has 1 unspecified atom stereocenters. The van der Waals surface area contributed by atoms with Gasteiger partial charge in [0.15, 0.2) is 22.5 Å². The first kappa shape index (κ1) is 17.6. The van der Waals surface area contributed by atoms with Crippen LogP contribution in [0.1, 0.15) is 18.4 Å². The van der Waals surface area contributed by atoms with Crippen molar-refractivity contribution in [1.29, 1.82) is 0 Å². The van der Waals surface area contributed by atoms with E-state index in [1.807, 2.05) is 30.3 Å². The number of rotatable bonds is 6. The van der Waals surface area contributed by atoms with Crippen molar-refractivity contribution < 1.29 is 14.2 Å². The summed E-state index contributed by atoms with van der Waals surface area (Å²) in [5, 5.41) is 9.89. The van der Waals surface area contributed by atoms with E-state index in [0.29, 0.717) is 12.6 Å². The molecule has 6 nitrogen and oxygen atoms in total. The summed E-state index contributed by atoms with van der Waals surface area (Å²) in [6, 6.07) is 16.2. The number of ether oxygens (including phenoxy) is 3. The van der Waals surface area contributed by atoms with E-state index in [-0.39, 0.29) is 6.79 Å². The fourth-order valence-corrected chi connectivity index (χ4v) is 4.51. The van der Waals surface area contributed by atoms with E-state index >= 15 is 0 Å². The van der Waals surface area contributed by atoms with Crippen molar-refractivity contribution >= 4 is 11.8 Å². The molecule has 28 heavy (non-hydrogen) atoms. The van der Waals surface area contributed by atoms with Crippen LogP contribution in [-0.2, 0) is 11.3 Å². The number of fused-ring (bicyclic) bond motifs is 1. The first-order valence-electron chi connectivity index (χ1n) is 9.48. The van der Waals surface area contributed by atoms with E-state index in [4.69, 9.17) is 14.2 Å². The third-order valence-corrected chi connectivity index (χ3v) is 6.05. The SMILES string of the molecule is c1ccc(-c2nnc(SCC3CCCO3)n2Cc2ccc3c(c2)OCO3)cc1. The Bertz CT molecular complexity index is 955. The molecule has 3 aromatic rings. The van der Waals surface area contributed by atoms with Gasteiger partial charge in [-0.25, -0.2) is 0 Å². The number of thioether (sulfide) groups is 1. The summed E-state index contributed by atoms with van der Waals surface area (Å²) in [5.41, 5.74) is 2.18. The van der Waals surface area contributed by atoms with Crippen LogP contribution in [0.15, 0.2) is 53.7 Å². The van der Waals surface area contributed by atoms with E-state index in [9.17, 15) is 0 Å². The van der Waals surface area contributed by atoms with Gasteiger partial charge in [0.25, 0.3) is 0 Å². The average molecular weight is 395 g/mol. The Morgan fingerprint density at radius 1 is 1.04 bits per heavy atom. The lowest BCUT2D eigenvalue weighted by Crippen LogP contribution is -2.10. The number of aromatic nitrogens is 3. The fraction of sp³-hybridized carbons (Fsp3) is 0.333. The van der Waals surface area contributed by atoms with E-state index in [2.05, 4.69) is 33.0 Å². The molecule has 0 saturated carbocycles. The number of benzene rings is 2. The topological polar surface area (TPSA) is 58.4 Å². The predicted molar refractivity (Wildman–Crippen MR) is 107 cm³/mol. The standard InChI is InChI=1S/C21H21N3O3S/c1-2-5-16(6-3-1)20-22-23-21(28-13-17-7-4-10-25-17)24(20)12-15-8-9-18-19(11-15)27-14-26-18/h1-3,5-6,8-9,11,17H,4,7,10,12-14H2. The van der Waals surface area contributed by atoms with Crippen LogP contribution < -0.4 is 9.47 Å². The highest BCUT2D eigenvalue weighted by Gasteiger charge is 2.20. The number of hydrogen-bond acceptors (Lipinski definition) is 6. The Hall–Kier alpha value is -2.51. The second-order valence-electron chi connectivity index (χ2n) is 6.89.